The zero-order valence-electron chi connectivity index (χ0n) is 10.3. The number of unbranched alkanes of at least 4 members (excludes halogenated alkanes) is 1. The van der Waals surface area contributed by atoms with Crippen LogP contribution in [-0.4, -0.2) is 23.7 Å². The Balaban J connectivity index is 3.79. The first-order valence-electron chi connectivity index (χ1n) is 6.07. The largest absolute Gasteiger partial charge is 0.480 e. The second kappa shape index (κ2) is 8.72. The molecule has 15 heavy (non-hydrogen) atoms. The maximum atomic E-state index is 10.9. The number of aliphatic carboxylic acids is 1. The lowest BCUT2D eigenvalue weighted by Crippen LogP contribution is -2.39. The van der Waals surface area contributed by atoms with E-state index in [9.17, 15) is 4.79 Å². The third kappa shape index (κ3) is 7.37. The molecule has 2 N–H and O–H groups in total. The van der Waals surface area contributed by atoms with Gasteiger partial charge in [0, 0.05) is 0 Å². The highest BCUT2D eigenvalue weighted by Crippen LogP contribution is 2.06. The van der Waals surface area contributed by atoms with Crippen LogP contribution in [0.4, 0.5) is 0 Å². The zero-order valence-corrected chi connectivity index (χ0v) is 10.3. The van der Waals surface area contributed by atoms with Crippen LogP contribution in [0.3, 0.4) is 0 Å². The van der Waals surface area contributed by atoms with Crippen LogP contribution in [-0.2, 0) is 4.79 Å². The van der Waals surface area contributed by atoms with Crippen molar-refractivity contribution in [3.63, 3.8) is 0 Å². The molecule has 0 rings (SSSR count). The number of carboxylic acids is 1. The molecule has 3 heteroatoms. The van der Waals surface area contributed by atoms with Crippen molar-refractivity contribution in [3.8, 4) is 0 Å². The molecular formula is C12H25NO2. The lowest BCUT2D eigenvalue weighted by Gasteiger charge is -2.17. The number of hydrogen-bond acceptors (Lipinski definition) is 2. The number of rotatable bonds is 9. The molecule has 0 aliphatic heterocycles. The molecule has 0 amide bonds. The lowest BCUT2D eigenvalue weighted by molar-refractivity contribution is -0.139. The lowest BCUT2D eigenvalue weighted by atomic mass is 10.0. The molecule has 0 aliphatic carbocycles. The van der Waals surface area contributed by atoms with Crippen molar-refractivity contribution in [2.24, 2.45) is 5.92 Å². The van der Waals surface area contributed by atoms with Gasteiger partial charge in [0.25, 0.3) is 0 Å². The summed E-state index contributed by atoms with van der Waals surface area (Å²) in [7, 11) is 0. The zero-order chi connectivity index (χ0) is 11.7. The summed E-state index contributed by atoms with van der Waals surface area (Å²) in [4.78, 5) is 10.9. The van der Waals surface area contributed by atoms with E-state index in [2.05, 4.69) is 26.1 Å². The summed E-state index contributed by atoms with van der Waals surface area (Å²) in [5.74, 6) is -0.148. The van der Waals surface area contributed by atoms with Gasteiger partial charge in [-0.25, -0.2) is 0 Å². The Morgan fingerprint density at radius 2 is 1.93 bits per heavy atom. The Morgan fingerprint density at radius 3 is 2.40 bits per heavy atom. The van der Waals surface area contributed by atoms with Gasteiger partial charge in [0.05, 0.1) is 0 Å². The first-order chi connectivity index (χ1) is 7.11. The van der Waals surface area contributed by atoms with Gasteiger partial charge in [-0.2, -0.15) is 0 Å². The van der Waals surface area contributed by atoms with Crippen LogP contribution in [0.15, 0.2) is 0 Å². The molecular weight excluding hydrogens is 190 g/mol. The molecule has 0 aromatic rings. The summed E-state index contributed by atoms with van der Waals surface area (Å²) in [5, 5.41) is 12.1. The van der Waals surface area contributed by atoms with Gasteiger partial charge < -0.3 is 10.4 Å². The molecule has 2 unspecified atom stereocenters. The molecule has 0 aromatic carbocycles. The van der Waals surface area contributed by atoms with E-state index in [-0.39, 0.29) is 6.04 Å². The average molecular weight is 215 g/mol. The second-order valence-electron chi connectivity index (χ2n) is 4.34. The monoisotopic (exact) mass is 215 g/mol. The molecule has 0 spiro atoms. The molecule has 90 valence electrons. The fourth-order valence-electron chi connectivity index (χ4n) is 1.66. The topological polar surface area (TPSA) is 49.3 Å². The highest BCUT2D eigenvalue weighted by atomic mass is 16.4. The van der Waals surface area contributed by atoms with Gasteiger partial charge in [-0.05, 0) is 25.3 Å². The summed E-state index contributed by atoms with van der Waals surface area (Å²) < 4.78 is 0. The number of nitrogens with one attached hydrogen (secondary N) is 1. The molecule has 0 saturated carbocycles. The van der Waals surface area contributed by atoms with Crippen molar-refractivity contribution in [2.75, 3.05) is 6.54 Å². The Morgan fingerprint density at radius 1 is 1.27 bits per heavy atom. The Labute approximate surface area is 93.3 Å². The highest BCUT2D eigenvalue weighted by molar-refractivity contribution is 5.73. The molecule has 0 fully saturated rings. The summed E-state index contributed by atoms with van der Waals surface area (Å²) >= 11 is 0. The first-order valence-corrected chi connectivity index (χ1v) is 6.07. The standard InChI is InChI=1S/C12H25NO2/c1-4-6-8-11(12(14)15)13-9-10(3)7-5-2/h10-11,13H,4-9H2,1-3H3,(H,14,15). The number of hydrogen-bond donors (Lipinski definition) is 2. The van der Waals surface area contributed by atoms with E-state index in [1.807, 2.05) is 0 Å². The average Bonchev–Trinajstić information content (AvgIpc) is 2.17. The third-order valence-electron chi connectivity index (χ3n) is 2.64. The van der Waals surface area contributed by atoms with Crippen molar-refractivity contribution in [1.82, 2.24) is 5.32 Å². The molecule has 3 nitrogen and oxygen atoms in total. The molecule has 0 saturated heterocycles. The van der Waals surface area contributed by atoms with Crippen LogP contribution in [0.25, 0.3) is 0 Å². The van der Waals surface area contributed by atoms with Crippen LogP contribution in [0.2, 0.25) is 0 Å². The Kier molecular flexibility index (Phi) is 8.38. The second-order valence-corrected chi connectivity index (χ2v) is 4.34. The van der Waals surface area contributed by atoms with Gasteiger partial charge in [0.15, 0.2) is 0 Å². The summed E-state index contributed by atoms with van der Waals surface area (Å²) in [6.07, 6.45) is 5.09. The highest BCUT2D eigenvalue weighted by Gasteiger charge is 2.16. The van der Waals surface area contributed by atoms with E-state index in [1.54, 1.807) is 0 Å². The van der Waals surface area contributed by atoms with E-state index < -0.39 is 5.97 Å². The predicted molar refractivity (Wildman–Crippen MR) is 63.0 cm³/mol. The van der Waals surface area contributed by atoms with E-state index >= 15 is 0 Å². The number of carbonyl (C=O) groups is 1. The van der Waals surface area contributed by atoms with Gasteiger partial charge in [0.1, 0.15) is 6.04 Å². The normalized spacial score (nSPS) is 14.9. The smallest absolute Gasteiger partial charge is 0.320 e. The van der Waals surface area contributed by atoms with E-state index in [1.165, 1.54) is 0 Å². The molecule has 0 bridgehead atoms. The predicted octanol–water partition coefficient (Wildman–Crippen LogP) is 2.66. The quantitative estimate of drug-likeness (QED) is 0.621. The van der Waals surface area contributed by atoms with E-state index in [0.717, 1.165) is 38.6 Å². The van der Waals surface area contributed by atoms with Crippen LogP contribution in [0, 0.1) is 5.92 Å². The van der Waals surface area contributed by atoms with E-state index in [0.29, 0.717) is 5.92 Å². The molecule has 2 atom stereocenters. The van der Waals surface area contributed by atoms with Crippen LogP contribution < -0.4 is 5.32 Å². The van der Waals surface area contributed by atoms with Gasteiger partial charge in [-0.15, -0.1) is 0 Å². The van der Waals surface area contributed by atoms with Crippen molar-refractivity contribution < 1.29 is 9.90 Å². The van der Waals surface area contributed by atoms with E-state index in [4.69, 9.17) is 5.11 Å². The molecule has 0 heterocycles. The van der Waals surface area contributed by atoms with Crippen molar-refractivity contribution in [2.45, 2.75) is 58.9 Å². The maximum Gasteiger partial charge on any atom is 0.320 e. The fourth-order valence-corrected chi connectivity index (χ4v) is 1.66. The first kappa shape index (κ1) is 14.4. The number of carboxylic acid groups (broad SMARTS) is 1. The van der Waals surface area contributed by atoms with Crippen molar-refractivity contribution in [3.05, 3.63) is 0 Å². The van der Waals surface area contributed by atoms with Gasteiger partial charge >= 0.3 is 5.97 Å². The Bertz CT molecular complexity index is 171. The van der Waals surface area contributed by atoms with Crippen LogP contribution in [0.5, 0.6) is 0 Å². The maximum absolute atomic E-state index is 10.9. The van der Waals surface area contributed by atoms with Gasteiger partial charge in [-0.1, -0.05) is 40.0 Å². The van der Waals surface area contributed by atoms with Crippen molar-refractivity contribution >= 4 is 5.97 Å². The summed E-state index contributed by atoms with van der Waals surface area (Å²) in [5.41, 5.74) is 0. The fraction of sp³-hybridized carbons (Fsp3) is 0.917. The van der Waals surface area contributed by atoms with Crippen LogP contribution in [0.1, 0.15) is 52.9 Å². The van der Waals surface area contributed by atoms with Crippen molar-refractivity contribution in [1.29, 1.82) is 0 Å². The minimum atomic E-state index is -0.716. The summed E-state index contributed by atoms with van der Waals surface area (Å²) in [6.45, 7) is 7.21. The minimum Gasteiger partial charge on any atom is -0.480 e. The third-order valence-corrected chi connectivity index (χ3v) is 2.64. The Hall–Kier alpha value is -0.570. The van der Waals surface area contributed by atoms with Crippen LogP contribution >= 0.6 is 0 Å². The molecule has 0 radical (unpaired) electrons. The minimum absolute atomic E-state index is 0.357. The SMILES string of the molecule is CCCCC(NCC(C)CCC)C(=O)O. The van der Waals surface area contributed by atoms with Gasteiger partial charge in [-0.3, -0.25) is 4.79 Å². The summed E-state index contributed by atoms with van der Waals surface area (Å²) in [6, 6.07) is -0.357. The molecule has 0 aromatic heterocycles. The van der Waals surface area contributed by atoms with Gasteiger partial charge in [0.2, 0.25) is 0 Å². The molecule has 0 aliphatic rings.